The average Bonchev–Trinajstić information content (AvgIpc) is 3.10. The van der Waals surface area contributed by atoms with Crippen molar-refractivity contribution in [3.63, 3.8) is 0 Å². The van der Waals surface area contributed by atoms with Crippen molar-refractivity contribution >= 4 is 38.9 Å². The summed E-state index contributed by atoms with van der Waals surface area (Å²) in [5.41, 5.74) is 1.30. The zero-order valence-corrected chi connectivity index (χ0v) is 16.7. The highest BCUT2D eigenvalue weighted by Crippen LogP contribution is 2.27. The topological polar surface area (TPSA) is 79.4 Å². The van der Waals surface area contributed by atoms with Gasteiger partial charge in [-0.15, -0.1) is 11.3 Å². The SMILES string of the molecule is CS(=O)(=O)NCC1CCCCN1C(=O)c1csc(-c2ccc(Cl)cc2)n1. The van der Waals surface area contributed by atoms with Crippen LogP contribution in [0.5, 0.6) is 0 Å². The Kier molecular flexibility index (Phi) is 5.96. The maximum Gasteiger partial charge on any atom is 0.273 e. The van der Waals surface area contributed by atoms with Crippen molar-refractivity contribution < 1.29 is 13.2 Å². The van der Waals surface area contributed by atoms with Crippen LogP contribution < -0.4 is 4.72 Å². The minimum Gasteiger partial charge on any atom is -0.333 e. The van der Waals surface area contributed by atoms with E-state index in [9.17, 15) is 13.2 Å². The monoisotopic (exact) mass is 413 g/mol. The molecule has 1 aromatic carbocycles. The maximum absolute atomic E-state index is 12.9. The van der Waals surface area contributed by atoms with Crippen molar-refractivity contribution in [2.24, 2.45) is 0 Å². The minimum absolute atomic E-state index is 0.147. The molecule has 1 aromatic heterocycles. The molecule has 1 unspecified atom stereocenters. The number of nitrogens with zero attached hydrogens (tertiary/aromatic N) is 2. The Morgan fingerprint density at radius 1 is 1.35 bits per heavy atom. The van der Waals surface area contributed by atoms with Crippen molar-refractivity contribution in [2.75, 3.05) is 19.3 Å². The van der Waals surface area contributed by atoms with E-state index in [0.29, 0.717) is 17.3 Å². The fraction of sp³-hybridized carbons (Fsp3) is 0.412. The molecule has 2 aromatic rings. The molecule has 1 atom stereocenters. The normalized spacial score (nSPS) is 18.1. The van der Waals surface area contributed by atoms with Crippen LogP contribution in [0.3, 0.4) is 0 Å². The van der Waals surface area contributed by atoms with Gasteiger partial charge < -0.3 is 4.90 Å². The summed E-state index contributed by atoms with van der Waals surface area (Å²) in [7, 11) is -3.29. The number of likely N-dealkylation sites (tertiary alicyclic amines) is 1. The molecule has 1 aliphatic rings. The predicted molar refractivity (Wildman–Crippen MR) is 104 cm³/mol. The molecular weight excluding hydrogens is 394 g/mol. The second-order valence-electron chi connectivity index (χ2n) is 6.31. The highest BCUT2D eigenvalue weighted by atomic mass is 35.5. The molecule has 1 saturated heterocycles. The minimum atomic E-state index is -3.29. The van der Waals surface area contributed by atoms with Gasteiger partial charge in [0.2, 0.25) is 10.0 Å². The molecule has 3 rings (SSSR count). The molecule has 0 saturated carbocycles. The third kappa shape index (κ3) is 4.82. The molecule has 6 nitrogen and oxygen atoms in total. The fourth-order valence-electron chi connectivity index (χ4n) is 2.97. The summed E-state index contributed by atoms with van der Waals surface area (Å²) >= 11 is 7.31. The zero-order chi connectivity index (χ0) is 18.7. The number of halogens is 1. The molecule has 0 aliphatic carbocycles. The lowest BCUT2D eigenvalue weighted by Gasteiger charge is -2.35. The third-order valence-corrected chi connectivity index (χ3v) is 6.12. The second-order valence-corrected chi connectivity index (χ2v) is 9.44. The van der Waals surface area contributed by atoms with Crippen LogP contribution in [0.1, 0.15) is 29.8 Å². The van der Waals surface area contributed by atoms with E-state index in [0.717, 1.165) is 36.1 Å². The number of amides is 1. The molecule has 1 amide bonds. The first-order chi connectivity index (χ1) is 12.3. The van der Waals surface area contributed by atoms with Crippen LogP contribution in [-0.4, -0.2) is 49.6 Å². The molecule has 0 radical (unpaired) electrons. The van der Waals surface area contributed by atoms with Crippen LogP contribution >= 0.6 is 22.9 Å². The summed E-state index contributed by atoms with van der Waals surface area (Å²) in [6.07, 6.45) is 3.80. The van der Waals surface area contributed by atoms with Gasteiger partial charge in [0.15, 0.2) is 0 Å². The quantitative estimate of drug-likeness (QED) is 0.817. The van der Waals surface area contributed by atoms with Gasteiger partial charge >= 0.3 is 0 Å². The molecule has 0 bridgehead atoms. The number of sulfonamides is 1. The number of hydrogen-bond acceptors (Lipinski definition) is 5. The Morgan fingerprint density at radius 2 is 2.08 bits per heavy atom. The molecule has 1 fully saturated rings. The van der Waals surface area contributed by atoms with Gasteiger partial charge in [-0.1, -0.05) is 23.7 Å². The van der Waals surface area contributed by atoms with Gasteiger partial charge in [-0.25, -0.2) is 18.1 Å². The number of thiazole rings is 1. The molecule has 140 valence electrons. The Labute approximate surface area is 162 Å². The number of rotatable bonds is 5. The van der Waals surface area contributed by atoms with Gasteiger partial charge in [-0.2, -0.15) is 0 Å². The van der Waals surface area contributed by atoms with E-state index < -0.39 is 10.0 Å². The lowest BCUT2D eigenvalue weighted by molar-refractivity contribution is 0.0613. The number of carbonyl (C=O) groups is 1. The predicted octanol–water partition coefficient (Wildman–Crippen LogP) is 3.01. The lowest BCUT2D eigenvalue weighted by atomic mass is 10.0. The summed E-state index contributed by atoms with van der Waals surface area (Å²) in [5, 5.41) is 3.16. The molecule has 1 aliphatic heterocycles. The summed E-state index contributed by atoms with van der Waals surface area (Å²) in [5.74, 6) is -0.151. The van der Waals surface area contributed by atoms with E-state index in [1.54, 1.807) is 22.4 Å². The third-order valence-electron chi connectivity index (χ3n) is 4.28. The van der Waals surface area contributed by atoms with Crippen LogP contribution in [-0.2, 0) is 10.0 Å². The molecule has 1 N–H and O–H groups in total. The van der Waals surface area contributed by atoms with Gasteiger partial charge in [0.1, 0.15) is 10.7 Å². The smallest absolute Gasteiger partial charge is 0.273 e. The molecular formula is C17H20ClN3O3S2. The van der Waals surface area contributed by atoms with E-state index in [4.69, 9.17) is 11.6 Å². The van der Waals surface area contributed by atoms with Crippen molar-refractivity contribution in [3.05, 3.63) is 40.4 Å². The van der Waals surface area contributed by atoms with Crippen LogP contribution in [0.25, 0.3) is 10.6 Å². The zero-order valence-electron chi connectivity index (χ0n) is 14.3. The highest BCUT2D eigenvalue weighted by molar-refractivity contribution is 7.88. The van der Waals surface area contributed by atoms with Gasteiger partial charge in [0.25, 0.3) is 5.91 Å². The fourth-order valence-corrected chi connectivity index (χ4v) is 4.39. The summed E-state index contributed by atoms with van der Waals surface area (Å²) in [4.78, 5) is 19.1. The van der Waals surface area contributed by atoms with Crippen molar-refractivity contribution in [1.82, 2.24) is 14.6 Å². The van der Waals surface area contributed by atoms with Crippen LogP contribution in [0, 0.1) is 0 Å². The lowest BCUT2D eigenvalue weighted by Crippen LogP contribution is -2.49. The second kappa shape index (κ2) is 8.04. The summed E-state index contributed by atoms with van der Waals surface area (Å²) in [6.45, 7) is 0.849. The van der Waals surface area contributed by atoms with Gasteiger partial charge in [0, 0.05) is 35.1 Å². The van der Waals surface area contributed by atoms with E-state index in [1.165, 1.54) is 11.3 Å². The van der Waals surface area contributed by atoms with Gasteiger partial charge in [0.05, 0.1) is 6.26 Å². The number of piperidine rings is 1. The van der Waals surface area contributed by atoms with Crippen LogP contribution in [0.2, 0.25) is 5.02 Å². The van der Waals surface area contributed by atoms with Crippen molar-refractivity contribution in [1.29, 1.82) is 0 Å². The van der Waals surface area contributed by atoms with E-state index >= 15 is 0 Å². The van der Waals surface area contributed by atoms with Crippen molar-refractivity contribution in [3.8, 4) is 10.6 Å². The first kappa shape index (κ1) is 19.3. The van der Waals surface area contributed by atoms with Crippen LogP contribution in [0.4, 0.5) is 0 Å². The Bertz CT molecular complexity index is 881. The Morgan fingerprint density at radius 3 is 2.77 bits per heavy atom. The largest absolute Gasteiger partial charge is 0.333 e. The van der Waals surface area contributed by atoms with Crippen LogP contribution in [0.15, 0.2) is 29.6 Å². The summed E-state index contributed by atoms with van der Waals surface area (Å²) < 4.78 is 25.3. The number of benzene rings is 1. The average molecular weight is 414 g/mol. The molecule has 0 spiro atoms. The van der Waals surface area contributed by atoms with Crippen molar-refractivity contribution in [2.45, 2.75) is 25.3 Å². The molecule has 2 heterocycles. The maximum atomic E-state index is 12.9. The number of hydrogen-bond donors (Lipinski definition) is 1. The number of nitrogens with one attached hydrogen (secondary N) is 1. The van der Waals surface area contributed by atoms with Gasteiger partial charge in [-0.05, 0) is 31.4 Å². The van der Waals surface area contributed by atoms with E-state index in [-0.39, 0.29) is 18.5 Å². The van der Waals surface area contributed by atoms with E-state index in [2.05, 4.69) is 9.71 Å². The Balaban J connectivity index is 1.75. The van der Waals surface area contributed by atoms with E-state index in [1.807, 2.05) is 12.1 Å². The first-order valence-electron chi connectivity index (χ1n) is 8.30. The number of carbonyl (C=O) groups excluding carboxylic acids is 1. The molecule has 26 heavy (non-hydrogen) atoms. The standard InChI is InChI=1S/C17H20ClN3O3S2/c1-26(23,24)19-10-14-4-2-3-9-21(14)17(22)15-11-25-16(20-15)12-5-7-13(18)8-6-12/h5-8,11,14,19H,2-4,9-10H2,1H3. The van der Waals surface area contributed by atoms with Gasteiger partial charge in [-0.3, -0.25) is 4.79 Å². The molecule has 9 heteroatoms. The number of aromatic nitrogens is 1. The summed E-state index contributed by atoms with van der Waals surface area (Å²) in [6, 6.07) is 7.17. The first-order valence-corrected chi connectivity index (χ1v) is 11.5. The Hall–Kier alpha value is -1.48. The highest BCUT2D eigenvalue weighted by Gasteiger charge is 2.29.